The lowest BCUT2D eigenvalue weighted by Gasteiger charge is -2.14. The molecule has 0 radical (unpaired) electrons. The van der Waals surface area contributed by atoms with Gasteiger partial charge in [-0.05, 0) is 61.7 Å². The Morgan fingerprint density at radius 1 is 1.09 bits per heavy atom. The summed E-state index contributed by atoms with van der Waals surface area (Å²) in [5.74, 6) is -0.0808. The van der Waals surface area contributed by atoms with Gasteiger partial charge < -0.3 is 5.32 Å². The number of halogens is 2. The van der Waals surface area contributed by atoms with Crippen LogP contribution in [0.2, 0.25) is 10.0 Å². The van der Waals surface area contributed by atoms with Crippen LogP contribution in [0, 0.1) is 20.8 Å². The van der Waals surface area contributed by atoms with Crippen LogP contribution in [0.3, 0.4) is 0 Å². The van der Waals surface area contributed by atoms with Gasteiger partial charge in [0.15, 0.2) is 11.0 Å². The molecule has 1 N–H and O–H groups in total. The van der Waals surface area contributed by atoms with Crippen LogP contribution < -0.4 is 10.9 Å². The summed E-state index contributed by atoms with van der Waals surface area (Å²) in [5.41, 5.74) is 3.78. The van der Waals surface area contributed by atoms with E-state index in [9.17, 15) is 9.59 Å². The molecule has 168 valence electrons. The van der Waals surface area contributed by atoms with Crippen LogP contribution in [0.15, 0.2) is 58.6 Å². The van der Waals surface area contributed by atoms with Crippen molar-refractivity contribution < 1.29 is 4.79 Å². The first-order valence-electron chi connectivity index (χ1n) is 10.1. The predicted molar refractivity (Wildman–Crippen MR) is 135 cm³/mol. The Balaban J connectivity index is 1.69. The topological polar surface area (TPSA) is 76.9 Å². The normalized spacial score (nSPS) is 11.1. The first kappa shape index (κ1) is 23.3. The van der Waals surface area contributed by atoms with E-state index in [0.717, 1.165) is 11.1 Å². The number of nitrogens with one attached hydrogen (secondary N) is 1. The van der Waals surface area contributed by atoms with Crippen LogP contribution in [-0.4, -0.2) is 26.2 Å². The first-order chi connectivity index (χ1) is 15.7. The number of benzene rings is 2. The van der Waals surface area contributed by atoms with Crippen molar-refractivity contribution in [2.24, 2.45) is 0 Å². The Bertz CT molecular complexity index is 1430. The summed E-state index contributed by atoms with van der Waals surface area (Å²) in [6, 6.07) is 13.1. The van der Waals surface area contributed by atoms with Crippen LogP contribution in [0.1, 0.15) is 16.7 Å². The number of aromatic nitrogens is 3. The zero-order chi connectivity index (χ0) is 23.7. The van der Waals surface area contributed by atoms with Crippen LogP contribution >= 0.6 is 35.0 Å². The lowest BCUT2D eigenvalue weighted by molar-refractivity contribution is -0.113. The van der Waals surface area contributed by atoms with E-state index < -0.39 is 0 Å². The average Bonchev–Trinajstić information content (AvgIpc) is 2.77. The fraction of sp³-hybridized carbons (Fsp3) is 0.167. The number of carbonyl (C=O) groups is 1. The molecule has 2 heterocycles. The maximum Gasteiger partial charge on any atom is 0.266 e. The van der Waals surface area contributed by atoms with Gasteiger partial charge in [0.1, 0.15) is 0 Å². The molecule has 0 aliphatic carbocycles. The number of para-hydroxylation sites is 1. The number of aryl methyl sites for hydroxylation is 2. The number of nitrogens with zero attached hydrogens (tertiary/aromatic N) is 3. The number of pyridine rings is 1. The molecule has 9 heteroatoms. The third-order valence-electron chi connectivity index (χ3n) is 5.00. The molecule has 0 saturated carbocycles. The monoisotopic (exact) mass is 498 g/mol. The number of thioether (sulfide) groups is 1. The number of carbonyl (C=O) groups excluding carboxylic acids is 1. The Morgan fingerprint density at radius 2 is 1.79 bits per heavy atom. The molecule has 6 nitrogen and oxygen atoms in total. The van der Waals surface area contributed by atoms with Gasteiger partial charge >= 0.3 is 0 Å². The lowest BCUT2D eigenvalue weighted by Crippen LogP contribution is -2.23. The molecule has 4 aromatic rings. The second-order valence-electron chi connectivity index (χ2n) is 7.63. The number of anilines is 1. The van der Waals surface area contributed by atoms with Gasteiger partial charge in [0.25, 0.3) is 5.56 Å². The second-order valence-corrected chi connectivity index (χ2v) is 9.36. The molecule has 1 amide bonds. The molecule has 2 aromatic heterocycles. The molecule has 0 saturated heterocycles. The molecule has 2 aromatic carbocycles. The van der Waals surface area contributed by atoms with Crippen molar-refractivity contribution in [2.75, 3.05) is 11.1 Å². The summed E-state index contributed by atoms with van der Waals surface area (Å²) in [6.45, 7) is 5.69. The highest BCUT2D eigenvalue weighted by molar-refractivity contribution is 7.99. The fourth-order valence-corrected chi connectivity index (χ4v) is 4.66. The van der Waals surface area contributed by atoms with E-state index in [4.69, 9.17) is 23.2 Å². The molecular formula is C24H20Cl2N4O2S. The molecule has 0 atom stereocenters. The number of rotatable bonds is 5. The first-order valence-corrected chi connectivity index (χ1v) is 11.8. The molecule has 4 rings (SSSR count). The lowest BCUT2D eigenvalue weighted by atomic mass is 10.1. The van der Waals surface area contributed by atoms with Gasteiger partial charge in [-0.25, -0.2) is 9.97 Å². The van der Waals surface area contributed by atoms with Crippen LogP contribution in [-0.2, 0) is 4.79 Å². The van der Waals surface area contributed by atoms with E-state index in [1.54, 1.807) is 23.6 Å². The third kappa shape index (κ3) is 4.90. The summed E-state index contributed by atoms with van der Waals surface area (Å²) in [5, 5.41) is 4.34. The van der Waals surface area contributed by atoms with Crippen molar-refractivity contribution in [1.29, 1.82) is 0 Å². The minimum Gasteiger partial charge on any atom is -0.309 e. The van der Waals surface area contributed by atoms with E-state index >= 15 is 0 Å². The van der Waals surface area contributed by atoms with Crippen molar-refractivity contribution in [3.63, 3.8) is 0 Å². The van der Waals surface area contributed by atoms with Gasteiger partial charge in [-0.1, -0.05) is 53.2 Å². The Kier molecular flexibility index (Phi) is 6.74. The van der Waals surface area contributed by atoms with Crippen molar-refractivity contribution in [3.05, 3.63) is 85.8 Å². The SMILES string of the molecule is Cc1cc(C)cc(-n2c(SCC(=O)Nc3ncc(Cl)c(C)c3Cl)nc3ccccc3c2=O)c1. The molecule has 33 heavy (non-hydrogen) atoms. The Hall–Kier alpha value is -2.87. The molecule has 0 aliphatic heterocycles. The van der Waals surface area contributed by atoms with E-state index in [1.165, 1.54) is 18.0 Å². The minimum absolute atomic E-state index is 0.00919. The van der Waals surface area contributed by atoms with Crippen LogP contribution in [0.5, 0.6) is 0 Å². The van der Waals surface area contributed by atoms with Gasteiger partial charge in [-0.15, -0.1) is 0 Å². The number of hydrogen-bond acceptors (Lipinski definition) is 5. The van der Waals surface area contributed by atoms with Crippen molar-refractivity contribution >= 4 is 57.6 Å². The number of hydrogen-bond donors (Lipinski definition) is 1. The quantitative estimate of drug-likeness (QED) is 0.280. The van der Waals surface area contributed by atoms with Gasteiger partial charge in [-0.2, -0.15) is 0 Å². The average molecular weight is 499 g/mol. The summed E-state index contributed by atoms with van der Waals surface area (Å²) in [7, 11) is 0. The maximum absolute atomic E-state index is 13.4. The highest BCUT2D eigenvalue weighted by Gasteiger charge is 2.17. The molecule has 0 bridgehead atoms. The van der Waals surface area contributed by atoms with Gasteiger partial charge in [-0.3, -0.25) is 14.2 Å². The fourth-order valence-electron chi connectivity index (χ4n) is 3.46. The van der Waals surface area contributed by atoms with Crippen molar-refractivity contribution in [3.8, 4) is 5.69 Å². The molecular weight excluding hydrogens is 479 g/mol. The molecule has 0 fully saturated rings. The number of amides is 1. The predicted octanol–water partition coefficient (Wildman–Crippen LogP) is 5.74. The smallest absolute Gasteiger partial charge is 0.266 e. The van der Waals surface area contributed by atoms with Gasteiger partial charge in [0.2, 0.25) is 5.91 Å². The third-order valence-corrected chi connectivity index (χ3v) is 6.78. The highest BCUT2D eigenvalue weighted by atomic mass is 35.5. The van der Waals surface area contributed by atoms with Gasteiger partial charge in [0.05, 0.1) is 32.4 Å². The maximum atomic E-state index is 13.4. The summed E-state index contributed by atoms with van der Waals surface area (Å²) in [4.78, 5) is 34.8. The molecule has 0 unspecified atom stereocenters. The zero-order valence-electron chi connectivity index (χ0n) is 18.1. The standard InChI is InChI=1S/C24H20Cl2N4O2S/c1-13-8-14(2)10-16(9-13)30-23(32)17-6-4-5-7-19(17)28-24(30)33-12-20(31)29-22-21(26)15(3)18(25)11-27-22/h4-11H,12H2,1-3H3,(H,27,29,31). The number of fused-ring (bicyclic) bond motifs is 1. The van der Waals surface area contributed by atoms with Crippen LogP contribution in [0.4, 0.5) is 5.82 Å². The highest BCUT2D eigenvalue weighted by Crippen LogP contribution is 2.29. The Labute approximate surface area is 205 Å². The largest absolute Gasteiger partial charge is 0.309 e. The van der Waals surface area contributed by atoms with Crippen molar-refractivity contribution in [2.45, 2.75) is 25.9 Å². The zero-order valence-corrected chi connectivity index (χ0v) is 20.5. The van der Waals surface area contributed by atoms with Gasteiger partial charge in [0, 0.05) is 6.20 Å². The summed E-state index contributed by atoms with van der Waals surface area (Å²) >= 11 is 13.4. The summed E-state index contributed by atoms with van der Waals surface area (Å²) in [6.07, 6.45) is 1.44. The van der Waals surface area contributed by atoms with E-state index in [0.29, 0.717) is 32.3 Å². The van der Waals surface area contributed by atoms with Crippen molar-refractivity contribution in [1.82, 2.24) is 14.5 Å². The summed E-state index contributed by atoms with van der Waals surface area (Å²) < 4.78 is 1.55. The molecule has 0 spiro atoms. The van der Waals surface area contributed by atoms with E-state index in [2.05, 4.69) is 15.3 Å². The molecule has 0 aliphatic rings. The Morgan fingerprint density at radius 3 is 2.52 bits per heavy atom. The van der Waals surface area contributed by atoms with E-state index in [1.807, 2.05) is 44.2 Å². The minimum atomic E-state index is -0.328. The van der Waals surface area contributed by atoms with E-state index in [-0.39, 0.29) is 28.1 Å². The second kappa shape index (κ2) is 9.55. The van der Waals surface area contributed by atoms with Crippen LogP contribution in [0.25, 0.3) is 16.6 Å².